The first-order valence-electron chi connectivity index (χ1n) is 5.74. The Morgan fingerprint density at radius 3 is 3.16 bits per heavy atom. The van der Waals surface area contributed by atoms with E-state index in [1.54, 1.807) is 12.4 Å². The molecule has 0 aliphatic carbocycles. The number of H-pyrrole nitrogens is 1. The molecule has 1 aliphatic heterocycles. The van der Waals surface area contributed by atoms with Gasteiger partial charge in [-0.15, -0.1) is 0 Å². The van der Waals surface area contributed by atoms with Crippen molar-refractivity contribution in [2.24, 2.45) is 0 Å². The maximum absolute atomic E-state index is 11.5. The van der Waals surface area contributed by atoms with Crippen LogP contribution in [0, 0.1) is 0 Å². The number of nitrogens with zero attached hydrogens (tertiary/aromatic N) is 1. The van der Waals surface area contributed by atoms with Crippen molar-refractivity contribution < 1.29 is 9.53 Å². The number of aromatic nitrogens is 2. The van der Waals surface area contributed by atoms with E-state index in [0.29, 0.717) is 16.5 Å². The minimum Gasteiger partial charge on any atom is -0.480 e. The number of amides is 1. The van der Waals surface area contributed by atoms with E-state index in [2.05, 4.69) is 15.3 Å². The van der Waals surface area contributed by atoms with Crippen molar-refractivity contribution in [3.8, 4) is 5.75 Å². The Morgan fingerprint density at radius 2 is 2.26 bits per heavy atom. The van der Waals surface area contributed by atoms with Crippen LogP contribution in [0.3, 0.4) is 0 Å². The van der Waals surface area contributed by atoms with Crippen LogP contribution in [0.25, 0.3) is 21.8 Å². The molecule has 5 nitrogen and oxygen atoms in total. The number of nitrogens with one attached hydrogen (secondary N) is 2. The molecular formula is C13H8ClN3O2. The molecule has 0 radical (unpaired) electrons. The molecule has 94 valence electrons. The van der Waals surface area contributed by atoms with E-state index in [1.165, 1.54) is 0 Å². The Kier molecular flexibility index (Phi) is 2.02. The van der Waals surface area contributed by atoms with Gasteiger partial charge in [-0.05, 0) is 12.1 Å². The minimum absolute atomic E-state index is 0.0139. The van der Waals surface area contributed by atoms with Gasteiger partial charge in [-0.25, -0.2) is 0 Å². The first kappa shape index (κ1) is 10.6. The van der Waals surface area contributed by atoms with Crippen molar-refractivity contribution in [1.29, 1.82) is 0 Å². The lowest BCUT2D eigenvalue weighted by Crippen LogP contribution is -2.25. The van der Waals surface area contributed by atoms with Crippen molar-refractivity contribution in [3.63, 3.8) is 0 Å². The highest BCUT2D eigenvalue weighted by molar-refractivity contribution is 6.35. The number of hydrogen-bond acceptors (Lipinski definition) is 3. The van der Waals surface area contributed by atoms with Gasteiger partial charge in [-0.3, -0.25) is 9.78 Å². The van der Waals surface area contributed by atoms with Crippen molar-refractivity contribution in [1.82, 2.24) is 9.97 Å². The molecule has 3 aromatic rings. The Bertz CT molecular complexity index is 841. The van der Waals surface area contributed by atoms with Gasteiger partial charge in [0, 0.05) is 17.0 Å². The number of rotatable bonds is 0. The summed E-state index contributed by atoms with van der Waals surface area (Å²) < 4.78 is 5.39. The van der Waals surface area contributed by atoms with Gasteiger partial charge in [0.2, 0.25) is 0 Å². The van der Waals surface area contributed by atoms with Crippen LogP contribution >= 0.6 is 11.6 Å². The predicted molar refractivity (Wildman–Crippen MR) is 72.7 cm³/mol. The van der Waals surface area contributed by atoms with Crippen molar-refractivity contribution in [2.45, 2.75) is 0 Å². The monoisotopic (exact) mass is 273 g/mol. The summed E-state index contributed by atoms with van der Waals surface area (Å²) in [5, 5.41) is 5.24. The molecule has 6 heteroatoms. The summed E-state index contributed by atoms with van der Waals surface area (Å²) in [6.07, 6.45) is 3.46. The van der Waals surface area contributed by atoms with E-state index in [1.807, 2.05) is 12.1 Å². The highest BCUT2D eigenvalue weighted by atomic mass is 35.5. The predicted octanol–water partition coefficient (Wildman–Crippen LogP) is 2.70. The molecule has 0 saturated heterocycles. The summed E-state index contributed by atoms with van der Waals surface area (Å²) in [6.45, 7) is -0.0139. The lowest BCUT2D eigenvalue weighted by atomic mass is 10.1. The number of anilines is 1. The van der Waals surface area contributed by atoms with Crippen LogP contribution < -0.4 is 10.1 Å². The van der Waals surface area contributed by atoms with Crippen LogP contribution in [0.15, 0.2) is 24.5 Å². The van der Waals surface area contributed by atoms with E-state index in [4.69, 9.17) is 16.3 Å². The number of aromatic amines is 1. The number of carbonyl (C=O) groups excluding carboxylic acids is 1. The Hall–Kier alpha value is -2.27. The van der Waals surface area contributed by atoms with Crippen LogP contribution in [0.2, 0.25) is 5.02 Å². The zero-order valence-electron chi connectivity index (χ0n) is 9.66. The maximum Gasteiger partial charge on any atom is 0.262 e. The minimum atomic E-state index is -0.187. The second kappa shape index (κ2) is 3.61. The fourth-order valence-corrected chi connectivity index (χ4v) is 2.67. The van der Waals surface area contributed by atoms with Crippen LogP contribution in [-0.2, 0) is 4.79 Å². The zero-order chi connectivity index (χ0) is 13.0. The summed E-state index contributed by atoms with van der Waals surface area (Å²) in [5.41, 5.74) is 2.28. The summed E-state index contributed by atoms with van der Waals surface area (Å²) in [7, 11) is 0. The first-order chi connectivity index (χ1) is 9.24. The summed E-state index contributed by atoms with van der Waals surface area (Å²) in [5.74, 6) is 0.320. The van der Waals surface area contributed by atoms with Crippen LogP contribution in [0.4, 0.5) is 5.69 Å². The number of fused-ring (bicyclic) bond motifs is 5. The van der Waals surface area contributed by atoms with Crippen LogP contribution in [0.1, 0.15) is 0 Å². The van der Waals surface area contributed by atoms with E-state index in [9.17, 15) is 4.79 Å². The lowest BCUT2D eigenvalue weighted by molar-refractivity contribution is -0.118. The molecular weight excluding hydrogens is 266 g/mol. The number of benzene rings is 1. The second-order valence-corrected chi connectivity index (χ2v) is 4.78. The van der Waals surface area contributed by atoms with Gasteiger partial charge in [0.15, 0.2) is 12.4 Å². The highest BCUT2D eigenvalue weighted by Crippen LogP contribution is 2.43. The fourth-order valence-electron chi connectivity index (χ4n) is 2.41. The third-order valence-corrected chi connectivity index (χ3v) is 3.50. The number of hydrogen-bond donors (Lipinski definition) is 2. The Balaban J connectivity index is 2.17. The molecule has 4 rings (SSSR count). The molecule has 0 spiro atoms. The topological polar surface area (TPSA) is 67.0 Å². The molecule has 0 fully saturated rings. The largest absolute Gasteiger partial charge is 0.480 e. The lowest BCUT2D eigenvalue weighted by Gasteiger charge is -2.19. The molecule has 1 aromatic carbocycles. The van der Waals surface area contributed by atoms with Crippen LogP contribution in [-0.4, -0.2) is 22.5 Å². The maximum atomic E-state index is 11.5. The Morgan fingerprint density at radius 1 is 1.37 bits per heavy atom. The molecule has 0 saturated carbocycles. The van der Waals surface area contributed by atoms with Gasteiger partial charge in [-0.2, -0.15) is 0 Å². The van der Waals surface area contributed by atoms with Gasteiger partial charge in [0.05, 0.1) is 22.3 Å². The summed E-state index contributed by atoms with van der Waals surface area (Å²) >= 11 is 6.22. The fraction of sp³-hybridized carbons (Fsp3) is 0.0769. The average Bonchev–Trinajstić information content (AvgIpc) is 2.78. The SMILES string of the molecule is O=C1COc2c(Cl)cc3c([nH]c4cnccc43)c2N1. The van der Waals surface area contributed by atoms with E-state index in [-0.39, 0.29) is 12.5 Å². The average molecular weight is 274 g/mol. The molecule has 2 N–H and O–H groups in total. The second-order valence-electron chi connectivity index (χ2n) is 4.37. The number of ether oxygens (including phenoxy) is 1. The zero-order valence-corrected chi connectivity index (χ0v) is 10.4. The molecule has 0 unspecified atom stereocenters. The Labute approximate surface area is 112 Å². The number of carbonyl (C=O) groups is 1. The van der Waals surface area contributed by atoms with Crippen molar-refractivity contribution in [2.75, 3.05) is 11.9 Å². The normalized spacial score (nSPS) is 14.3. The molecule has 2 aromatic heterocycles. The number of pyridine rings is 1. The third-order valence-electron chi connectivity index (χ3n) is 3.22. The quantitative estimate of drug-likeness (QED) is 0.662. The highest BCUT2D eigenvalue weighted by Gasteiger charge is 2.23. The van der Waals surface area contributed by atoms with E-state index < -0.39 is 0 Å². The van der Waals surface area contributed by atoms with Gasteiger partial charge in [-0.1, -0.05) is 11.6 Å². The van der Waals surface area contributed by atoms with Crippen molar-refractivity contribution >= 4 is 45.0 Å². The van der Waals surface area contributed by atoms with E-state index >= 15 is 0 Å². The summed E-state index contributed by atoms with van der Waals surface area (Å²) in [6, 6.07) is 3.74. The third kappa shape index (κ3) is 1.42. The van der Waals surface area contributed by atoms with Gasteiger partial charge >= 0.3 is 0 Å². The smallest absolute Gasteiger partial charge is 0.262 e. The summed E-state index contributed by atoms with van der Waals surface area (Å²) in [4.78, 5) is 18.8. The molecule has 1 amide bonds. The molecule has 19 heavy (non-hydrogen) atoms. The van der Waals surface area contributed by atoms with Gasteiger partial charge in [0.25, 0.3) is 5.91 Å². The molecule has 0 bridgehead atoms. The van der Waals surface area contributed by atoms with E-state index in [0.717, 1.165) is 21.8 Å². The van der Waals surface area contributed by atoms with Gasteiger partial charge in [0.1, 0.15) is 5.69 Å². The standard InChI is InChI=1S/C13H8ClN3O2/c14-8-3-7-6-1-2-15-4-9(6)16-11(7)12-13(8)19-5-10(18)17-12/h1-4,16H,5H2,(H,17,18). The van der Waals surface area contributed by atoms with Gasteiger partial charge < -0.3 is 15.0 Å². The molecule has 1 aliphatic rings. The molecule has 3 heterocycles. The first-order valence-corrected chi connectivity index (χ1v) is 6.12. The van der Waals surface area contributed by atoms with Crippen molar-refractivity contribution in [3.05, 3.63) is 29.5 Å². The number of halogens is 1. The molecule has 0 atom stereocenters. The van der Waals surface area contributed by atoms with Crippen LogP contribution in [0.5, 0.6) is 5.75 Å².